The summed E-state index contributed by atoms with van der Waals surface area (Å²) in [7, 11) is 0. The molecule has 7 heteroatoms. The standard InChI is InChI=1S/C26H19N7/c1-17-29-16-33(32-17)22-11-9-21(10-12-22)30-26-28-14-19-6-4-7-23(25(19)31-26)20-13-18-5-2-3-8-24(18)27-15-20/h2-16H,1H3,(H,28,30,31). The van der Waals surface area contributed by atoms with Crippen molar-refractivity contribution in [3.05, 3.63) is 97.3 Å². The molecule has 6 aromatic rings. The molecule has 0 radical (unpaired) electrons. The maximum absolute atomic E-state index is 4.83. The Morgan fingerprint density at radius 3 is 2.48 bits per heavy atom. The van der Waals surface area contributed by atoms with E-state index in [1.54, 1.807) is 11.0 Å². The Labute approximate surface area is 189 Å². The van der Waals surface area contributed by atoms with Gasteiger partial charge in [0.1, 0.15) is 12.2 Å². The van der Waals surface area contributed by atoms with Crippen molar-refractivity contribution < 1.29 is 0 Å². The third kappa shape index (κ3) is 3.65. The second-order valence-corrected chi connectivity index (χ2v) is 7.76. The molecule has 0 amide bonds. The van der Waals surface area contributed by atoms with Crippen molar-refractivity contribution in [2.24, 2.45) is 0 Å². The van der Waals surface area contributed by atoms with E-state index < -0.39 is 0 Å². The third-order valence-corrected chi connectivity index (χ3v) is 5.51. The van der Waals surface area contributed by atoms with Crippen LogP contribution in [0.3, 0.4) is 0 Å². The molecule has 0 aliphatic carbocycles. The van der Waals surface area contributed by atoms with Crippen LogP contribution in [0.5, 0.6) is 0 Å². The van der Waals surface area contributed by atoms with Crippen LogP contribution in [0.1, 0.15) is 5.82 Å². The highest BCUT2D eigenvalue weighted by atomic mass is 15.3. The number of benzene rings is 3. The monoisotopic (exact) mass is 429 g/mol. The van der Waals surface area contributed by atoms with E-state index in [0.29, 0.717) is 5.95 Å². The fraction of sp³-hybridized carbons (Fsp3) is 0.0385. The van der Waals surface area contributed by atoms with Crippen molar-refractivity contribution in [2.75, 3.05) is 5.32 Å². The molecule has 0 aliphatic rings. The lowest BCUT2D eigenvalue weighted by molar-refractivity contribution is 0.863. The van der Waals surface area contributed by atoms with Crippen LogP contribution in [-0.2, 0) is 0 Å². The Hall–Kier alpha value is -4.65. The van der Waals surface area contributed by atoms with Gasteiger partial charge >= 0.3 is 0 Å². The van der Waals surface area contributed by atoms with Crippen LogP contribution < -0.4 is 5.32 Å². The molecule has 0 aliphatic heterocycles. The number of hydrogen-bond acceptors (Lipinski definition) is 6. The van der Waals surface area contributed by atoms with Gasteiger partial charge in [0.05, 0.1) is 16.7 Å². The van der Waals surface area contributed by atoms with Crippen LogP contribution in [0.25, 0.3) is 38.6 Å². The molecule has 0 saturated heterocycles. The topological polar surface area (TPSA) is 81.4 Å². The maximum atomic E-state index is 4.83. The number of nitrogens with one attached hydrogen (secondary N) is 1. The van der Waals surface area contributed by atoms with Gasteiger partial charge in [-0.1, -0.05) is 36.4 Å². The number of aromatic nitrogens is 6. The zero-order valence-corrected chi connectivity index (χ0v) is 17.8. The first-order chi connectivity index (χ1) is 16.2. The molecule has 0 spiro atoms. The Bertz CT molecular complexity index is 1600. The van der Waals surface area contributed by atoms with Crippen molar-refractivity contribution in [3.8, 4) is 16.8 Å². The SMILES string of the molecule is Cc1ncn(-c2ccc(Nc3ncc4cccc(-c5cnc6ccccc6c5)c4n3)cc2)n1. The molecule has 158 valence electrons. The molecule has 1 N–H and O–H groups in total. The minimum Gasteiger partial charge on any atom is -0.324 e. The van der Waals surface area contributed by atoms with Crippen molar-refractivity contribution in [2.45, 2.75) is 6.92 Å². The van der Waals surface area contributed by atoms with E-state index in [1.165, 1.54) is 0 Å². The second kappa shape index (κ2) is 7.80. The average Bonchev–Trinajstić information content (AvgIpc) is 3.30. The smallest absolute Gasteiger partial charge is 0.227 e. The number of hydrogen-bond donors (Lipinski definition) is 1. The minimum absolute atomic E-state index is 0.535. The molecule has 0 unspecified atom stereocenters. The first kappa shape index (κ1) is 19.1. The highest BCUT2D eigenvalue weighted by Crippen LogP contribution is 2.29. The van der Waals surface area contributed by atoms with Crippen LogP contribution in [0.2, 0.25) is 0 Å². The van der Waals surface area contributed by atoms with Crippen molar-refractivity contribution in [1.82, 2.24) is 29.7 Å². The van der Waals surface area contributed by atoms with E-state index in [2.05, 4.69) is 43.6 Å². The largest absolute Gasteiger partial charge is 0.324 e. The van der Waals surface area contributed by atoms with Crippen LogP contribution in [-0.4, -0.2) is 29.7 Å². The second-order valence-electron chi connectivity index (χ2n) is 7.76. The summed E-state index contributed by atoms with van der Waals surface area (Å²) in [6.07, 6.45) is 5.44. The number of anilines is 2. The van der Waals surface area contributed by atoms with Gasteiger partial charge < -0.3 is 5.32 Å². The van der Waals surface area contributed by atoms with E-state index in [9.17, 15) is 0 Å². The summed E-state index contributed by atoms with van der Waals surface area (Å²) in [5.74, 6) is 1.27. The summed E-state index contributed by atoms with van der Waals surface area (Å²) in [5, 5.41) is 9.72. The van der Waals surface area contributed by atoms with Crippen LogP contribution in [0.15, 0.2) is 91.5 Å². The summed E-state index contributed by atoms with van der Waals surface area (Å²) < 4.78 is 1.75. The molecule has 6 rings (SSSR count). The summed E-state index contributed by atoms with van der Waals surface area (Å²) in [5.41, 5.74) is 5.72. The normalized spacial score (nSPS) is 11.2. The highest BCUT2D eigenvalue weighted by Gasteiger charge is 2.09. The predicted molar refractivity (Wildman–Crippen MR) is 130 cm³/mol. The zero-order valence-electron chi connectivity index (χ0n) is 17.8. The van der Waals surface area contributed by atoms with Gasteiger partial charge in [0.2, 0.25) is 5.95 Å². The van der Waals surface area contributed by atoms with Crippen LogP contribution in [0, 0.1) is 6.92 Å². The molecule has 0 bridgehead atoms. The fourth-order valence-corrected chi connectivity index (χ4v) is 3.86. The number of para-hydroxylation sites is 2. The van der Waals surface area contributed by atoms with Gasteiger partial charge in [-0.2, -0.15) is 5.10 Å². The van der Waals surface area contributed by atoms with Gasteiger partial charge in [0.15, 0.2) is 0 Å². The number of rotatable bonds is 4. The van der Waals surface area contributed by atoms with Crippen LogP contribution >= 0.6 is 0 Å². The van der Waals surface area contributed by atoms with Crippen molar-refractivity contribution in [3.63, 3.8) is 0 Å². The first-order valence-electron chi connectivity index (χ1n) is 10.6. The van der Waals surface area contributed by atoms with Gasteiger partial charge in [-0.05, 0) is 43.3 Å². The van der Waals surface area contributed by atoms with E-state index in [-0.39, 0.29) is 0 Å². The maximum Gasteiger partial charge on any atom is 0.227 e. The Morgan fingerprint density at radius 2 is 1.64 bits per heavy atom. The summed E-state index contributed by atoms with van der Waals surface area (Å²) in [6, 6.07) is 24.3. The molecule has 33 heavy (non-hydrogen) atoms. The lowest BCUT2D eigenvalue weighted by Crippen LogP contribution is -1.99. The van der Waals surface area contributed by atoms with Gasteiger partial charge in [-0.15, -0.1) is 0 Å². The molecule has 3 aromatic heterocycles. The summed E-state index contributed by atoms with van der Waals surface area (Å²) in [6.45, 7) is 1.87. The average molecular weight is 429 g/mol. The van der Waals surface area contributed by atoms with E-state index in [4.69, 9.17) is 4.98 Å². The molecule has 7 nitrogen and oxygen atoms in total. The Kier molecular flexibility index (Phi) is 4.51. The lowest BCUT2D eigenvalue weighted by atomic mass is 10.0. The van der Waals surface area contributed by atoms with E-state index >= 15 is 0 Å². The first-order valence-corrected chi connectivity index (χ1v) is 10.6. The van der Waals surface area contributed by atoms with Gasteiger partial charge in [0, 0.05) is 40.0 Å². The minimum atomic E-state index is 0.535. The molecule has 0 saturated carbocycles. The predicted octanol–water partition coefficient (Wildman–Crippen LogP) is 5.48. The molecule has 0 fully saturated rings. The fourth-order valence-electron chi connectivity index (χ4n) is 3.86. The van der Waals surface area contributed by atoms with Crippen molar-refractivity contribution >= 4 is 33.4 Å². The van der Waals surface area contributed by atoms with Gasteiger partial charge in [-0.3, -0.25) is 4.98 Å². The number of aryl methyl sites for hydroxylation is 1. The third-order valence-electron chi connectivity index (χ3n) is 5.51. The molecule has 3 aromatic carbocycles. The van der Waals surface area contributed by atoms with E-state index in [1.807, 2.05) is 73.9 Å². The number of nitrogens with zero attached hydrogens (tertiary/aromatic N) is 6. The number of pyridine rings is 1. The lowest BCUT2D eigenvalue weighted by Gasteiger charge is -2.10. The molecule has 3 heterocycles. The quantitative estimate of drug-likeness (QED) is 0.400. The summed E-state index contributed by atoms with van der Waals surface area (Å²) in [4.78, 5) is 18.1. The van der Waals surface area contributed by atoms with Crippen molar-refractivity contribution in [1.29, 1.82) is 0 Å². The molecule has 0 atom stereocenters. The van der Waals surface area contributed by atoms with Gasteiger partial charge in [0.25, 0.3) is 0 Å². The highest BCUT2D eigenvalue weighted by molar-refractivity contribution is 5.95. The summed E-state index contributed by atoms with van der Waals surface area (Å²) >= 11 is 0. The molecular weight excluding hydrogens is 410 g/mol. The van der Waals surface area contributed by atoms with E-state index in [0.717, 1.165) is 50.1 Å². The zero-order chi connectivity index (χ0) is 22.2. The number of fused-ring (bicyclic) bond motifs is 2. The van der Waals surface area contributed by atoms with Crippen LogP contribution in [0.4, 0.5) is 11.6 Å². The van der Waals surface area contributed by atoms with Gasteiger partial charge in [-0.25, -0.2) is 19.6 Å². The Morgan fingerprint density at radius 1 is 0.788 bits per heavy atom. The molecular formula is C26H19N7. The Balaban J connectivity index is 1.35.